The Balaban J connectivity index is 1.50. The zero-order valence-corrected chi connectivity index (χ0v) is 15.5. The van der Waals surface area contributed by atoms with Crippen LogP contribution in [0.25, 0.3) is 11.4 Å². The van der Waals surface area contributed by atoms with Crippen molar-refractivity contribution in [2.75, 3.05) is 0 Å². The van der Waals surface area contributed by atoms with Crippen molar-refractivity contribution in [3.63, 3.8) is 0 Å². The molecule has 1 aliphatic rings. The summed E-state index contributed by atoms with van der Waals surface area (Å²) in [5, 5.41) is 4.09. The number of hydrogen-bond acceptors (Lipinski definition) is 6. The van der Waals surface area contributed by atoms with Gasteiger partial charge in [0.1, 0.15) is 11.9 Å². The fourth-order valence-corrected chi connectivity index (χ4v) is 2.84. The van der Waals surface area contributed by atoms with E-state index in [9.17, 15) is 0 Å². The minimum atomic E-state index is -0.122. The van der Waals surface area contributed by atoms with Gasteiger partial charge in [-0.15, -0.1) is 0 Å². The number of aryl methyl sites for hydroxylation is 2. The summed E-state index contributed by atoms with van der Waals surface area (Å²) >= 11 is 0. The first-order chi connectivity index (χ1) is 12.5. The van der Waals surface area contributed by atoms with Gasteiger partial charge in [0.25, 0.3) is 0 Å². The van der Waals surface area contributed by atoms with Gasteiger partial charge in [-0.25, -0.2) is 4.98 Å². The lowest BCUT2D eigenvalue weighted by atomic mass is 10.1. The predicted octanol–water partition coefficient (Wildman–Crippen LogP) is 4.47. The maximum absolute atomic E-state index is 6.08. The second-order valence-electron chi connectivity index (χ2n) is 6.90. The Morgan fingerprint density at radius 3 is 2.46 bits per heavy atom. The molecule has 0 aliphatic heterocycles. The van der Waals surface area contributed by atoms with Gasteiger partial charge in [0, 0.05) is 22.7 Å². The van der Waals surface area contributed by atoms with E-state index < -0.39 is 0 Å². The molecule has 1 aromatic carbocycles. The van der Waals surface area contributed by atoms with Crippen LogP contribution in [0, 0.1) is 20.8 Å². The third kappa shape index (κ3) is 3.31. The Hall–Kier alpha value is -2.76. The summed E-state index contributed by atoms with van der Waals surface area (Å²) in [5.41, 5.74) is 3.92. The Kier molecular flexibility index (Phi) is 4.18. The van der Waals surface area contributed by atoms with Crippen molar-refractivity contribution in [2.45, 2.75) is 52.6 Å². The van der Waals surface area contributed by atoms with Gasteiger partial charge in [-0.2, -0.15) is 9.97 Å². The van der Waals surface area contributed by atoms with E-state index in [0.717, 1.165) is 41.1 Å². The van der Waals surface area contributed by atoms with E-state index in [1.165, 1.54) is 0 Å². The van der Waals surface area contributed by atoms with Crippen LogP contribution in [0.5, 0.6) is 5.88 Å². The molecular formula is C20H22N4O2. The average Bonchev–Trinajstić information content (AvgIpc) is 3.36. The standard InChI is InChI=1S/C20H22N4O2/c1-11-12(2)21-14(4)22-19(11)25-13(3)15-5-7-16(8-6-15)18-23-20(26-24-18)17-9-10-17/h5-8,13,17H,9-10H2,1-4H3. The van der Waals surface area contributed by atoms with Gasteiger partial charge in [0.05, 0.1) is 0 Å². The highest BCUT2D eigenvalue weighted by Crippen LogP contribution is 2.39. The van der Waals surface area contributed by atoms with Gasteiger partial charge < -0.3 is 9.26 Å². The largest absolute Gasteiger partial charge is 0.469 e. The molecule has 1 atom stereocenters. The second-order valence-corrected chi connectivity index (χ2v) is 6.90. The number of hydrogen-bond donors (Lipinski definition) is 0. The van der Waals surface area contributed by atoms with E-state index in [2.05, 4.69) is 20.1 Å². The lowest BCUT2D eigenvalue weighted by Gasteiger charge is -2.17. The van der Waals surface area contributed by atoms with Crippen molar-refractivity contribution in [2.24, 2.45) is 0 Å². The van der Waals surface area contributed by atoms with Crippen LogP contribution in [0.2, 0.25) is 0 Å². The van der Waals surface area contributed by atoms with Crippen LogP contribution in [0.15, 0.2) is 28.8 Å². The molecule has 0 saturated heterocycles. The van der Waals surface area contributed by atoms with Gasteiger partial charge >= 0.3 is 0 Å². The molecule has 4 rings (SSSR count). The summed E-state index contributed by atoms with van der Waals surface area (Å²) in [6.07, 6.45) is 2.18. The number of nitrogens with zero attached hydrogens (tertiary/aromatic N) is 4. The van der Waals surface area contributed by atoms with E-state index in [0.29, 0.717) is 23.4 Å². The molecule has 3 aromatic rings. The Morgan fingerprint density at radius 1 is 1.04 bits per heavy atom. The van der Waals surface area contributed by atoms with E-state index in [-0.39, 0.29) is 6.10 Å². The summed E-state index contributed by atoms with van der Waals surface area (Å²) in [4.78, 5) is 13.3. The lowest BCUT2D eigenvalue weighted by Crippen LogP contribution is -2.08. The quantitative estimate of drug-likeness (QED) is 0.676. The molecule has 134 valence electrons. The summed E-state index contributed by atoms with van der Waals surface area (Å²) in [5.74, 6) is 3.22. The maximum atomic E-state index is 6.08. The van der Waals surface area contributed by atoms with Gasteiger partial charge in [-0.1, -0.05) is 29.4 Å². The molecule has 1 saturated carbocycles. The molecule has 1 unspecified atom stereocenters. The Morgan fingerprint density at radius 2 is 1.77 bits per heavy atom. The van der Waals surface area contributed by atoms with Crippen molar-refractivity contribution >= 4 is 0 Å². The highest BCUT2D eigenvalue weighted by atomic mass is 16.5. The van der Waals surface area contributed by atoms with E-state index in [4.69, 9.17) is 9.26 Å². The van der Waals surface area contributed by atoms with Crippen molar-refractivity contribution in [1.82, 2.24) is 20.1 Å². The first kappa shape index (κ1) is 16.7. The van der Waals surface area contributed by atoms with Crippen LogP contribution in [-0.4, -0.2) is 20.1 Å². The second kappa shape index (κ2) is 6.52. The SMILES string of the molecule is Cc1nc(C)c(C)c(OC(C)c2ccc(-c3noc(C4CC4)n3)cc2)n1. The van der Waals surface area contributed by atoms with Crippen LogP contribution >= 0.6 is 0 Å². The minimum absolute atomic E-state index is 0.122. The van der Waals surface area contributed by atoms with E-state index >= 15 is 0 Å². The molecule has 6 nitrogen and oxygen atoms in total. The molecule has 6 heteroatoms. The van der Waals surface area contributed by atoms with Gasteiger partial charge in [-0.3, -0.25) is 0 Å². The number of rotatable bonds is 5. The molecule has 0 bridgehead atoms. The van der Waals surface area contributed by atoms with Crippen LogP contribution < -0.4 is 4.74 Å². The molecule has 1 aliphatic carbocycles. The van der Waals surface area contributed by atoms with Crippen molar-refractivity contribution < 1.29 is 9.26 Å². The first-order valence-electron chi connectivity index (χ1n) is 8.93. The molecule has 2 heterocycles. The normalized spacial score (nSPS) is 15.1. The molecule has 0 N–H and O–H groups in total. The van der Waals surface area contributed by atoms with Crippen molar-refractivity contribution in [3.8, 4) is 17.3 Å². The molecule has 0 spiro atoms. The summed E-state index contributed by atoms with van der Waals surface area (Å²) < 4.78 is 11.4. The van der Waals surface area contributed by atoms with Gasteiger partial charge in [0.2, 0.25) is 17.6 Å². The predicted molar refractivity (Wildman–Crippen MR) is 97.0 cm³/mol. The third-order valence-corrected chi connectivity index (χ3v) is 4.75. The zero-order valence-electron chi connectivity index (χ0n) is 15.5. The van der Waals surface area contributed by atoms with Gasteiger partial charge in [-0.05, 0) is 46.1 Å². The fourth-order valence-electron chi connectivity index (χ4n) is 2.84. The fraction of sp³-hybridized carbons (Fsp3) is 0.400. The number of ether oxygens (including phenoxy) is 1. The lowest BCUT2D eigenvalue weighted by molar-refractivity contribution is 0.214. The van der Waals surface area contributed by atoms with Crippen LogP contribution in [-0.2, 0) is 0 Å². The maximum Gasteiger partial charge on any atom is 0.230 e. The monoisotopic (exact) mass is 350 g/mol. The molecule has 26 heavy (non-hydrogen) atoms. The Bertz CT molecular complexity index is 929. The minimum Gasteiger partial charge on any atom is -0.469 e. The smallest absolute Gasteiger partial charge is 0.230 e. The van der Waals surface area contributed by atoms with Gasteiger partial charge in [0.15, 0.2) is 0 Å². The molecule has 0 radical (unpaired) electrons. The van der Waals surface area contributed by atoms with Crippen LogP contribution in [0.3, 0.4) is 0 Å². The van der Waals surface area contributed by atoms with Crippen LogP contribution in [0.4, 0.5) is 0 Å². The average molecular weight is 350 g/mol. The topological polar surface area (TPSA) is 73.9 Å². The van der Waals surface area contributed by atoms with Crippen LogP contribution in [0.1, 0.15) is 60.3 Å². The first-order valence-corrected chi connectivity index (χ1v) is 8.93. The highest BCUT2D eigenvalue weighted by Gasteiger charge is 2.29. The molecular weight excluding hydrogens is 328 g/mol. The molecule has 2 aromatic heterocycles. The third-order valence-electron chi connectivity index (χ3n) is 4.75. The molecule has 0 amide bonds. The Labute approximate surface area is 152 Å². The van der Waals surface area contributed by atoms with E-state index in [1.54, 1.807) is 0 Å². The molecule has 1 fully saturated rings. The van der Waals surface area contributed by atoms with Crippen molar-refractivity contribution in [3.05, 3.63) is 52.8 Å². The van der Waals surface area contributed by atoms with E-state index in [1.807, 2.05) is 52.0 Å². The summed E-state index contributed by atoms with van der Waals surface area (Å²) in [7, 11) is 0. The van der Waals surface area contributed by atoms with Crippen molar-refractivity contribution in [1.29, 1.82) is 0 Å². The number of benzene rings is 1. The summed E-state index contributed by atoms with van der Waals surface area (Å²) in [6, 6.07) is 8.06. The number of aromatic nitrogens is 4. The summed E-state index contributed by atoms with van der Waals surface area (Å²) in [6.45, 7) is 7.84. The highest BCUT2D eigenvalue weighted by molar-refractivity contribution is 5.55. The zero-order chi connectivity index (χ0) is 18.3.